The molecule has 3 atom stereocenters. The van der Waals surface area contributed by atoms with E-state index in [0.717, 1.165) is 18.7 Å². The number of likely N-dealkylation sites (N-methyl/N-ethyl adjacent to an activating group) is 1. The normalized spacial score (nSPS) is 23.6. The van der Waals surface area contributed by atoms with Gasteiger partial charge >= 0.3 is 0 Å². The first kappa shape index (κ1) is 22.0. The van der Waals surface area contributed by atoms with Gasteiger partial charge in [-0.25, -0.2) is 0 Å². The Balaban J connectivity index is 0.000000614. The summed E-state index contributed by atoms with van der Waals surface area (Å²) in [6, 6.07) is 7.33. The van der Waals surface area contributed by atoms with Gasteiger partial charge < -0.3 is 9.88 Å². The molecule has 1 aromatic heterocycles. The maximum atomic E-state index is 11.2. The second-order valence-electron chi connectivity index (χ2n) is 7.22. The van der Waals surface area contributed by atoms with E-state index in [1.165, 1.54) is 28.5 Å². The summed E-state index contributed by atoms with van der Waals surface area (Å²) in [5.41, 5.74) is 4.29. The lowest BCUT2D eigenvalue weighted by Crippen LogP contribution is -2.48. The first-order chi connectivity index (χ1) is 13.1. The quantitative estimate of drug-likeness (QED) is 0.751. The number of H-pyrrole nitrogens is 1. The topological polar surface area (TPSA) is 36.1 Å². The molecule has 1 saturated heterocycles. The number of Topliss-reactive ketones (excluding diaryl/α,β-unsaturated/α-hetero) is 1. The zero-order chi connectivity index (χ0) is 20.0. The Kier molecular flexibility index (Phi) is 8.43. The van der Waals surface area contributed by atoms with Crippen molar-refractivity contribution in [2.75, 3.05) is 25.1 Å². The molecule has 3 unspecified atom stereocenters. The fourth-order valence-electron chi connectivity index (χ4n) is 4.54. The minimum Gasteiger partial charge on any atom is -0.361 e. The number of nitrogens with one attached hydrogen (secondary N) is 1. The van der Waals surface area contributed by atoms with Gasteiger partial charge in [0.15, 0.2) is 0 Å². The molecular weight excluding hydrogens is 352 g/mol. The summed E-state index contributed by atoms with van der Waals surface area (Å²) < 4.78 is 0. The fraction of sp³-hybridized carbons (Fsp3) is 0.609. The van der Waals surface area contributed by atoms with Crippen LogP contribution in [0.25, 0.3) is 10.9 Å². The molecule has 150 valence electrons. The molecule has 0 spiro atoms. The van der Waals surface area contributed by atoms with Crippen LogP contribution in [0.1, 0.15) is 58.1 Å². The van der Waals surface area contributed by atoms with Crippen LogP contribution in [0, 0.1) is 5.92 Å². The number of aromatic nitrogens is 1. The van der Waals surface area contributed by atoms with E-state index in [2.05, 4.69) is 41.3 Å². The standard InChI is InChI=1S/C19H24N2OS.2C2H6/c1-12(22)10-23-11-13-6-16-15-4-3-5-17-19(15)14(8-20-17)7-18(16)21(2)9-13;2*1-2/h3-5,8,13,16,18,20H,6-7,9-11H2,1-2H3;2*1-2H3. The van der Waals surface area contributed by atoms with Crippen molar-refractivity contribution >= 4 is 28.4 Å². The van der Waals surface area contributed by atoms with Gasteiger partial charge in [0.1, 0.15) is 5.78 Å². The highest BCUT2D eigenvalue weighted by Crippen LogP contribution is 2.44. The Bertz CT molecular complexity index is 739. The Hall–Kier alpha value is -1.26. The average Bonchev–Trinajstić information content (AvgIpc) is 3.10. The summed E-state index contributed by atoms with van der Waals surface area (Å²) in [6.07, 6.45) is 4.61. The van der Waals surface area contributed by atoms with E-state index in [4.69, 9.17) is 0 Å². The van der Waals surface area contributed by atoms with Crippen molar-refractivity contribution in [1.29, 1.82) is 0 Å². The van der Waals surface area contributed by atoms with Gasteiger partial charge in [-0.05, 0) is 55.7 Å². The van der Waals surface area contributed by atoms with Crippen molar-refractivity contribution < 1.29 is 4.79 Å². The van der Waals surface area contributed by atoms with E-state index in [9.17, 15) is 4.79 Å². The van der Waals surface area contributed by atoms with E-state index in [1.54, 1.807) is 18.7 Å². The molecule has 2 aromatic rings. The van der Waals surface area contributed by atoms with Crippen molar-refractivity contribution in [2.45, 2.75) is 59.4 Å². The minimum absolute atomic E-state index is 0.288. The van der Waals surface area contributed by atoms with Crippen LogP contribution in [0.2, 0.25) is 0 Å². The molecule has 3 nitrogen and oxygen atoms in total. The maximum Gasteiger partial charge on any atom is 0.139 e. The van der Waals surface area contributed by atoms with Crippen molar-refractivity contribution in [3.05, 3.63) is 35.5 Å². The van der Waals surface area contributed by atoms with E-state index in [-0.39, 0.29) is 5.78 Å². The highest BCUT2D eigenvalue weighted by atomic mass is 32.2. The van der Waals surface area contributed by atoms with Crippen LogP contribution in [0.3, 0.4) is 0 Å². The van der Waals surface area contributed by atoms with Gasteiger partial charge in [0.25, 0.3) is 0 Å². The number of hydrogen-bond donors (Lipinski definition) is 1. The lowest BCUT2D eigenvalue weighted by atomic mass is 9.73. The third-order valence-corrected chi connectivity index (χ3v) is 6.79. The molecule has 0 radical (unpaired) electrons. The fourth-order valence-corrected chi connectivity index (χ4v) is 5.52. The molecule has 1 N–H and O–H groups in total. The van der Waals surface area contributed by atoms with E-state index >= 15 is 0 Å². The van der Waals surface area contributed by atoms with Crippen molar-refractivity contribution in [2.24, 2.45) is 5.92 Å². The van der Waals surface area contributed by atoms with Gasteiger partial charge in [0, 0.05) is 35.6 Å². The number of likely N-dealkylation sites (tertiary alicyclic amines) is 1. The van der Waals surface area contributed by atoms with Crippen LogP contribution >= 0.6 is 11.8 Å². The van der Waals surface area contributed by atoms with Crippen LogP contribution in [0.5, 0.6) is 0 Å². The monoisotopic (exact) mass is 388 g/mol. The third kappa shape index (κ3) is 4.78. The number of ketones is 1. The van der Waals surface area contributed by atoms with Crippen LogP contribution in [0.15, 0.2) is 24.4 Å². The Morgan fingerprint density at radius 1 is 1.26 bits per heavy atom. The predicted molar refractivity (Wildman–Crippen MR) is 120 cm³/mol. The van der Waals surface area contributed by atoms with E-state index in [1.807, 2.05) is 27.7 Å². The Morgan fingerprint density at radius 2 is 2.00 bits per heavy atom. The molecule has 4 rings (SSSR count). The zero-order valence-electron chi connectivity index (χ0n) is 17.8. The number of thioether (sulfide) groups is 1. The average molecular weight is 389 g/mol. The first-order valence-electron chi connectivity index (χ1n) is 10.5. The molecule has 0 amide bonds. The predicted octanol–water partition coefficient (Wildman–Crippen LogP) is 5.50. The number of carbonyl (C=O) groups excluding carboxylic acids is 1. The van der Waals surface area contributed by atoms with Crippen LogP contribution in [0.4, 0.5) is 0 Å². The number of piperidine rings is 1. The van der Waals surface area contributed by atoms with Gasteiger partial charge in [-0.2, -0.15) is 11.8 Å². The Morgan fingerprint density at radius 3 is 2.70 bits per heavy atom. The number of benzene rings is 1. The van der Waals surface area contributed by atoms with Gasteiger partial charge in [-0.3, -0.25) is 4.79 Å². The van der Waals surface area contributed by atoms with E-state index < -0.39 is 0 Å². The number of aromatic amines is 1. The van der Waals surface area contributed by atoms with Crippen LogP contribution < -0.4 is 0 Å². The molecule has 1 aliphatic heterocycles. The lowest BCUT2D eigenvalue weighted by Gasteiger charge is -2.45. The van der Waals surface area contributed by atoms with Crippen LogP contribution in [-0.4, -0.2) is 46.8 Å². The molecule has 2 heterocycles. The number of hydrogen-bond acceptors (Lipinski definition) is 3. The Labute approximate surface area is 169 Å². The number of nitrogens with zero attached hydrogens (tertiary/aromatic N) is 1. The SMILES string of the molecule is CC.CC.CC(=O)CSCC1CC2c3cccc4[nH]cc(c34)CC2N(C)C1. The molecular formula is C23H36N2OS. The van der Waals surface area contributed by atoms with Gasteiger partial charge in [0.05, 0.1) is 5.75 Å². The molecule has 2 aliphatic rings. The largest absolute Gasteiger partial charge is 0.361 e. The minimum atomic E-state index is 0.288. The summed E-state index contributed by atoms with van der Waals surface area (Å²) in [5.74, 6) is 3.36. The summed E-state index contributed by atoms with van der Waals surface area (Å²) >= 11 is 1.81. The van der Waals surface area contributed by atoms with Crippen molar-refractivity contribution in [1.82, 2.24) is 9.88 Å². The molecule has 0 bridgehead atoms. The lowest BCUT2D eigenvalue weighted by molar-refractivity contribution is -0.114. The first-order valence-corrected chi connectivity index (χ1v) is 11.6. The number of fused-ring (bicyclic) bond motifs is 2. The second kappa shape index (κ2) is 10.3. The second-order valence-corrected chi connectivity index (χ2v) is 8.25. The van der Waals surface area contributed by atoms with Crippen LogP contribution in [-0.2, 0) is 11.2 Å². The van der Waals surface area contributed by atoms with Gasteiger partial charge in [-0.15, -0.1) is 0 Å². The maximum absolute atomic E-state index is 11.2. The number of rotatable bonds is 4. The summed E-state index contributed by atoms with van der Waals surface area (Å²) in [5, 5.41) is 1.47. The zero-order valence-corrected chi connectivity index (χ0v) is 18.7. The summed E-state index contributed by atoms with van der Waals surface area (Å²) in [7, 11) is 2.28. The van der Waals surface area contributed by atoms with E-state index in [0.29, 0.717) is 23.6 Å². The molecule has 1 aliphatic carbocycles. The third-order valence-electron chi connectivity index (χ3n) is 5.47. The smallest absolute Gasteiger partial charge is 0.139 e. The molecule has 1 fully saturated rings. The van der Waals surface area contributed by atoms with Gasteiger partial charge in [0.2, 0.25) is 0 Å². The van der Waals surface area contributed by atoms with Crippen molar-refractivity contribution in [3.63, 3.8) is 0 Å². The molecule has 27 heavy (non-hydrogen) atoms. The molecule has 4 heteroatoms. The summed E-state index contributed by atoms with van der Waals surface area (Å²) in [6.45, 7) is 10.8. The van der Waals surface area contributed by atoms with Crippen molar-refractivity contribution in [3.8, 4) is 0 Å². The molecule has 0 saturated carbocycles. The summed E-state index contributed by atoms with van der Waals surface area (Å²) in [4.78, 5) is 17.2. The molecule has 1 aromatic carbocycles. The number of carbonyl (C=O) groups is 1. The highest BCUT2D eigenvalue weighted by molar-refractivity contribution is 7.99. The highest BCUT2D eigenvalue weighted by Gasteiger charge is 2.39. The van der Waals surface area contributed by atoms with Gasteiger partial charge in [-0.1, -0.05) is 39.8 Å².